The van der Waals surface area contributed by atoms with Crippen molar-refractivity contribution in [1.82, 2.24) is 0 Å². The highest BCUT2D eigenvalue weighted by Gasteiger charge is 2.46. The molecule has 0 bridgehead atoms. The standard InChI is InChI=1S/C10H16O3/c1-7(9(11)12)8-3-6-10(13-8)4-2-5-10/h7-8H,2-6H2,1H3,(H,11,12)/t7-,8?/m1/s1. The average molecular weight is 184 g/mol. The van der Waals surface area contributed by atoms with Crippen LogP contribution in [0.25, 0.3) is 0 Å². The number of ether oxygens (including phenoxy) is 1. The molecule has 0 aromatic carbocycles. The van der Waals surface area contributed by atoms with E-state index < -0.39 is 5.97 Å². The van der Waals surface area contributed by atoms with Gasteiger partial charge in [0.2, 0.25) is 0 Å². The van der Waals surface area contributed by atoms with Gasteiger partial charge in [-0.2, -0.15) is 0 Å². The van der Waals surface area contributed by atoms with Crippen LogP contribution in [-0.2, 0) is 9.53 Å². The smallest absolute Gasteiger partial charge is 0.308 e. The number of aliphatic carboxylic acids is 1. The third kappa shape index (κ3) is 1.46. The third-order valence-electron chi connectivity index (χ3n) is 3.50. The van der Waals surface area contributed by atoms with Crippen molar-refractivity contribution in [3.63, 3.8) is 0 Å². The van der Waals surface area contributed by atoms with Crippen LogP contribution in [0.5, 0.6) is 0 Å². The molecule has 1 spiro atoms. The first-order chi connectivity index (χ1) is 6.13. The predicted octanol–water partition coefficient (Wildman–Crippen LogP) is 1.81. The Bertz CT molecular complexity index is 220. The van der Waals surface area contributed by atoms with Crippen LogP contribution in [0.1, 0.15) is 39.0 Å². The third-order valence-corrected chi connectivity index (χ3v) is 3.50. The SMILES string of the molecule is C[C@@H](C(=O)O)C1CCC2(CCC2)O1. The molecular formula is C10H16O3. The Kier molecular flexibility index (Phi) is 2.06. The van der Waals surface area contributed by atoms with Gasteiger partial charge in [-0.1, -0.05) is 0 Å². The second-order valence-electron chi connectivity index (χ2n) is 4.36. The van der Waals surface area contributed by atoms with Crippen LogP contribution in [0, 0.1) is 5.92 Å². The summed E-state index contributed by atoms with van der Waals surface area (Å²) < 4.78 is 5.83. The highest BCUT2D eigenvalue weighted by Crippen LogP contribution is 2.46. The molecule has 3 heteroatoms. The lowest BCUT2D eigenvalue weighted by atomic mass is 9.78. The lowest BCUT2D eigenvalue weighted by molar-refractivity contribution is -0.152. The molecule has 1 heterocycles. The van der Waals surface area contributed by atoms with E-state index in [0.29, 0.717) is 0 Å². The van der Waals surface area contributed by atoms with Crippen molar-refractivity contribution in [2.45, 2.75) is 50.7 Å². The summed E-state index contributed by atoms with van der Waals surface area (Å²) in [5.41, 5.74) is 0.0916. The molecule has 74 valence electrons. The molecule has 1 saturated heterocycles. The minimum atomic E-state index is -0.735. The Morgan fingerprint density at radius 2 is 2.23 bits per heavy atom. The molecule has 2 aliphatic rings. The molecule has 1 aliphatic carbocycles. The minimum absolute atomic E-state index is 0.0437. The molecule has 0 aromatic rings. The van der Waals surface area contributed by atoms with E-state index in [1.165, 1.54) is 6.42 Å². The van der Waals surface area contributed by atoms with Crippen molar-refractivity contribution in [2.24, 2.45) is 5.92 Å². The molecule has 1 N–H and O–H groups in total. The van der Waals surface area contributed by atoms with Gasteiger partial charge in [0.25, 0.3) is 0 Å². The normalized spacial score (nSPS) is 32.8. The van der Waals surface area contributed by atoms with Gasteiger partial charge in [0.05, 0.1) is 17.6 Å². The molecule has 3 nitrogen and oxygen atoms in total. The van der Waals surface area contributed by atoms with E-state index in [0.717, 1.165) is 25.7 Å². The van der Waals surface area contributed by atoms with Crippen LogP contribution in [0.2, 0.25) is 0 Å². The quantitative estimate of drug-likeness (QED) is 0.712. The van der Waals surface area contributed by atoms with Gasteiger partial charge in [0, 0.05) is 0 Å². The lowest BCUT2D eigenvalue weighted by Gasteiger charge is -2.38. The summed E-state index contributed by atoms with van der Waals surface area (Å²) in [5.74, 6) is -1.08. The first kappa shape index (κ1) is 9.00. The summed E-state index contributed by atoms with van der Waals surface area (Å²) in [6, 6.07) is 0. The molecular weight excluding hydrogens is 168 g/mol. The van der Waals surface area contributed by atoms with Crippen molar-refractivity contribution in [2.75, 3.05) is 0 Å². The largest absolute Gasteiger partial charge is 0.481 e. The van der Waals surface area contributed by atoms with Crippen molar-refractivity contribution >= 4 is 5.97 Å². The molecule has 1 aliphatic heterocycles. The highest BCUT2D eigenvalue weighted by molar-refractivity contribution is 5.70. The second-order valence-corrected chi connectivity index (χ2v) is 4.36. The average Bonchev–Trinajstić information content (AvgIpc) is 2.45. The molecule has 2 rings (SSSR count). The van der Waals surface area contributed by atoms with Gasteiger partial charge in [0.1, 0.15) is 0 Å². The van der Waals surface area contributed by atoms with Crippen LogP contribution in [0.4, 0.5) is 0 Å². The van der Waals surface area contributed by atoms with E-state index in [1.54, 1.807) is 6.92 Å². The van der Waals surface area contributed by atoms with E-state index >= 15 is 0 Å². The van der Waals surface area contributed by atoms with Gasteiger partial charge >= 0.3 is 5.97 Å². The predicted molar refractivity (Wildman–Crippen MR) is 47.5 cm³/mol. The maximum atomic E-state index is 10.7. The number of carboxylic acid groups (broad SMARTS) is 1. The van der Waals surface area contributed by atoms with Crippen LogP contribution < -0.4 is 0 Å². The maximum Gasteiger partial charge on any atom is 0.308 e. The summed E-state index contributed by atoms with van der Waals surface area (Å²) in [5, 5.41) is 8.82. The first-order valence-electron chi connectivity index (χ1n) is 5.04. The molecule has 0 radical (unpaired) electrons. The van der Waals surface area contributed by atoms with Crippen LogP contribution >= 0.6 is 0 Å². The number of carboxylic acids is 1. The van der Waals surface area contributed by atoms with Gasteiger partial charge in [-0.3, -0.25) is 4.79 Å². The summed E-state index contributed by atoms with van der Waals surface area (Å²) >= 11 is 0. The number of rotatable bonds is 2. The van der Waals surface area contributed by atoms with Crippen molar-refractivity contribution in [3.8, 4) is 0 Å². The fourth-order valence-electron chi connectivity index (χ4n) is 2.29. The van der Waals surface area contributed by atoms with Crippen molar-refractivity contribution < 1.29 is 14.6 Å². The summed E-state index contributed by atoms with van der Waals surface area (Å²) in [6.07, 6.45) is 5.46. The number of hydrogen-bond donors (Lipinski definition) is 1. The van der Waals surface area contributed by atoms with Crippen LogP contribution in [0.15, 0.2) is 0 Å². The zero-order valence-corrected chi connectivity index (χ0v) is 7.95. The van der Waals surface area contributed by atoms with E-state index in [1.807, 2.05) is 0 Å². The number of hydrogen-bond acceptors (Lipinski definition) is 2. The van der Waals surface area contributed by atoms with E-state index in [-0.39, 0.29) is 17.6 Å². The van der Waals surface area contributed by atoms with Gasteiger partial charge in [0.15, 0.2) is 0 Å². The van der Waals surface area contributed by atoms with Gasteiger partial charge in [-0.05, 0) is 39.0 Å². The molecule has 2 fully saturated rings. The van der Waals surface area contributed by atoms with Gasteiger partial charge in [-0.25, -0.2) is 0 Å². The highest BCUT2D eigenvalue weighted by atomic mass is 16.5. The van der Waals surface area contributed by atoms with Gasteiger partial charge < -0.3 is 9.84 Å². The van der Waals surface area contributed by atoms with E-state index in [2.05, 4.69) is 0 Å². The monoisotopic (exact) mass is 184 g/mol. The summed E-state index contributed by atoms with van der Waals surface area (Å²) in [7, 11) is 0. The second kappa shape index (κ2) is 2.98. The Balaban J connectivity index is 1.94. The topological polar surface area (TPSA) is 46.5 Å². The van der Waals surface area contributed by atoms with Crippen molar-refractivity contribution in [1.29, 1.82) is 0 Å². The first-order valence-corrected chi connectivity index (χ1v) is 5.04. The Morgan fingerprint density at radius 1 is 1.54 bits per heavy atom. The van der Waals surface area contributed by atoms with Crippen LogP contribution in [0.3, 0.4) is 0 Å². The molecule has 2 atom stereocenters. The lowest BCUT2D eigenvalue weighted by Crippen LogP contribution is -2.38. The zero-order valence-electron chi connectivity index (χ0n) is 7.95. The zero-order chi connectivity index (χ0) is 9.47. The van der Waals surface area contributed by atoms with E-state index in [9.17, 15) is 4.79 Å². The summed E-state index contributed by atoms with van der Waals surface area (Å²) in [4.78, 5) is 10.7. The molecule has 0 aromatic heterocycles. The Labute approximate surface area is 78.1 Å². The Morgan fingerprint density at radius 3 is 2.62 bits per heavy atom. The van der Waals surface area contributed by atoms with E-state index in [4.69, 9.17) is 9.84 Å². The Hall–Kier alpha value is -0.570. The minimum Gasteiger partial charge on any atom is -0.481 e. The molecule has 13 heavy (non-hydrogen) atoms. The fraction of sp³-hybridized carbons (Fsp3) is 0.900. The van der Waals surface area contributed by atoms with Gasteiger partial charge in [-0.15, -0.1) is 0 Å². The van der Waals surface area contributed by atoms with Crippen LogP contribution in [-0.4, -0.2) is 22.8 Å². The molecule has 1 unspecified atom stereocenters. The molecule has 0 amide bonds. The fourth-order valence-corrected chi connectivity index (χ4v) is 2.29. The summed E-state index contributed by atoms with van der Waals surface area (Å²) in [6.45, 7) is 1.74. The number of carbonyl (C=O) groups is 1. The van der Waals surface area contributed by atoms with Crippen molar-refractivity contribution in [3.05, 3.63) is 0 Å². The maximum absolute atomic E-state index is 10.7. The molecule has 1 saturated carbocycles.